The average molecular weight is 288 g/mol. The van der Waals surface area contributed by atoms with Crippen molar-refractivity contribution in [3.63, 3.8) is 0 Å². The monoisotopic (exact) mass is 287 g/mol. The van der Waals surface area contributed by atoms with E-state index < -0.39 is 0 Å². The normalized spacial score (nSPS) is 10.8. The first-order chi connectivity index (χ1) is 8.13. The highest BCUT2D eigenvalue weighted by Gasteiger charge is 2.09. The van der Waals surface area contributed by atoms with E-state index in [0.29, 0.717) is 5.16 Å². The molecule has 0 unspecified atom stereocenters. The lowest BCUT2D eigenvalue weighted by Crippen LogP contribution is -2.09. The topological polar surface area (TPSA) is 47.9 Å². The van der Waals surface area contributed by atoms with Crippen molar-refractivity contribution in [3.05, 3.63) is 22.8 Å². The van der Waals surface area contributed by atoms with Gasteiger partial charge in [0.1, 0.15) is 0 Å². The van der Waals surface area contributed by atoms with Gasteiger partial charge in [0, 0.05) is 0 Å². The fourth-order valence-corrected chi connectivity index (χ4v) is 2.85. The van der Waals surface area contributed by atoms with Gasteiger partial charge in [-0.1, -0.05) is 6.07 Å². The lowest BCUT2D eigenvalue weighted by Gasteiger charge is -2.07. The van der Waals surface area contributed by atoms with Crippen molar-refractivity contribution < 1.29 is 4.74 Å². The van der Waals surface area contributed by atoms with E-state index in [1.807, 2.05) is 31.4 Å². The van der Waals surface area contributed by atoms with Gasteiger partial charge in [-0.3, -0.25) is 0 Å². The van der Waals surface area contributed by atoms with E-state index in [-0.39, 0.29) is 17.4 Å². The second-order valence-corrected chi connectivity index (χ2v) is 5.92. The number of halogens is 1. The maximum Gasteiger partial charge on any atom is 0.322 e. The third-order valence-corrected chi connectivity index (χ3v) is 3.67. The SMILES string of the molecule is CC(C)Oc1nc(Cl)nc(Sc2cccs2)n1. The summed E-state index contributed by atoms with van der Waals surface area (Å²) < 4.78 is 6.50. The Kier molecular flexibility index (Phi) is 4.20. The number of nitrogens with zero attached hydrogens (tertiary/aromatic N) is 3. The Morgan fingerprint density at radius 1 is 1.35 bits per heavy atom. The number of thiophene rings is 1. The molecule has 0 amide bonds. The zero-order valence-corrected chi connectivity index (χ0v) is 11.6. The molecule has 2 heterocycles. The van der Waals surface area contributed by atoms with Crippen LogP contribution in [0.3, 0.4) is 0 Å². The quantitative estimate of drug-likeness (QED) is 0.861. The Hall–Kier alpha value is -0.850. The smallest absolute Gasteiger partial charge is 0.322 e. The first-order valence-corrected chi connectivity index (χ1v) is 7.00. The summed E-state index contributed by atoms with van der Waals surface area (Å²) >= 11 is 8.89. The standard InChI is InChI=1S/C10H10ClN3OS2/c1-6(2)15-9-12-8(11)13-10(14-9)17-7-4-3-5-16-7/h3-6H,1-2H3. The second kappa shape index (κ2) is 5.66. The summed E-state index contributed by atoms with van der Waals surface area (Å²) in [6, 6.07) is 4.23. The Morgan fingerprint density at radius 3 is 2.82 bits per heavy atom. The summed E-state index contributed by atoms with van der Waals surface area (Å²) in [6.07, 6.45) is 0.00746. The van der Waals surface area contributed by atoms with Gasteiger partial charge < -0.3 is 4.74 Å². The molecule has 0 aliphatic carbocycles. The number of ether oxygens (including phenoxy) is 1. The van der Waals surface area contributed by atoms with E-state index in [9.17, 15) is 0 Å². The van der Waals surface area contributed by atoms with Crippen LogP contribution in [0.5, 0.6) is 6.01 Å². The van der Waals surface area contributed by atoms with Gasteiger partial charge in [-0.2, -0.15) is 15.0 Å². The summed E-state index contributed by atoms with van der Waals surface area (Å²) in [4.78, 5) is 12.2. The van der Waals surface area contributed by atoms with Crippen molar-refractivity contribution >= 4 is 34.7 Å². The highest BCUT2D eigenvalue weighted by atomic mass is 35.5. The van der Waals surface area contributed by atoms with Crippen LogP contribution in [-0.2, 0) is 0 Å². The Bertz CT molecular complexity index is 490. The van der Waals surface area contributed by atoms with Crippen LogP contribution in [-0.4, -0.2) is 21.1 Å². The summed E-state index contributed by atoms with van der Waals surface area (Å²) in [7, 11) is 0. The Balaban J connectivity index is 2.19. The molecule has 90 valence electrons. The molecule has 2 rings (SSSR count). The van der Waals surface area contributed by atoms with Gasteiger partial charge in [0.05, 0.1) is 10.3 Å². The number of rotatable bonds is 4. The predicted molar refractivity (Wildman–Crippen MR) is 69.0 cm³/mol. The van der Waals surface area contributed by atoms with Gasteiger partial charge in [-0.15, -0.1) is 11.3 Å². The van der Waals surface area contributed by atoms with Crippen LogP contribution >= 0.6 is 34.7 Å². The van der Waals surface area contributed by atoms with Crippen LogP contribution in [0.15, 0.2) is 26.9 Å². The lowest BCUT2D eigenvalue weighted by atomic mass is 10.5. The van der Waals surface area contributed by atoms with Crippen LogP contribution in [0.1, 0.15) is 13.8 Å². The van der Waals surface area contributed by atoms with Gasteiger partial charge >= 0.3 is 6.01 Å². The first-order valence-electron chi connectivity index (χ1n) is 4.93. The van der Waals surface area contributed by atoms with Crippen LogP contribution in [0.25, 0.3) is 0 Å². The summed E-state index contributed by atoms with van der Waals surface area (Å²) in [5.41, 5.74) is 0. The summed E-state index contributed by atoms with van der Waals surface area (Å²) in [5.74, 6) is 0. The van der Waals surface area contributed by atoms with Gasteiger partial charge in [0.25, 0.3) is 0 Å². The average Bonchev–Trinajstić information content (AvgIpc) is 2.67. The molecule has 0 saturated heterocycles. The highest BCUT2D eigenvalue weighted by molar-refractivity contribution is 8.01. The third kappa shape index (κ3) is 3.83. The van der Waals surface area contributed by atoms with Crippen molar-refractivity contribution in [1.82, 2.24) is 15.0 Å². The van der Waals surface area contributed by atoms with Gasteiger partial charge in [0.15, 0.2) is 0 Å². The molecule has 0 N–H and O–H groups in total. The van der Waals surface area contributed by atoms with Gasteiger partial charge in [-0.05, 0) is 48.7 Å². The van der Waals surface area contributed by atoms with Crippen molar-refractivity contribution in [1.29, 1.82) is 0 Å². The lowest BCUT2D eigenvalue weighted by molar-refractivity contribution is 0.219. The minimum absolute atomic E-state index is 0.00746. The molecular weight excluding hydrogens is 278 g/mol. The van der Waals surface area contributed by atoms with Gasteiger partial charge in [-0.25, -0.2) is 0 Å². The second-order valence-electron chi connectivity index (χ2n) is 3.37. The minimum Gasteiger partial charge on any atom is -0.461 e. The van der Waals surface area contributed by atoms with E-state index in [2.05, 4.69) is 15.0 Å². The molecule has 0 aliphatic heterocycles. The molecule has 0 fully saturated rings. The van der Waals surface area contributed by atoms with E-state index in [1.54, 1.807) is 11.3 Å². The largest absolute Gasteiger partial charge is 0.461 e. The fourth-order valence-electron chi connectivity index (χ4n) is 1.04. The fraction of sp³-hybridized carbons (Fsp3) is 0.300. The molecule has 0 bridgehead atoms. The molecule has 0 atom stereocenters. The van der Waals surface area contributed by atoms with Crippen LogP contribution in [0, 0.1) is 0 Å². The molecular formula is C10H10ClN3OS2. The first kappa shape index (κ1) is 12.6. The molecule has 2 aromatic rings. The molecule has 0 saturated carbocycles. The highest BCUT2D eigenvalue weighted by Crippen LogP contribution is 2.29. The maximum atomic E-state index is 5.82. The van der Waals surface area contributed by atoms with E-state index in [0.717, 1.165) is 4.21 Å². The van der Waals surface area contributed by atoms with Crippen LogP contribution in [0.4, 0.5) is 0 Å². The van der Waals surface area contributed by atoms with Crippen LogP contribution in [0.2, 0.25) is 5.28 Å². The minimum atomic E-state index is 0.00746. The molecule has 4 nitrogen and oxygen atoms in total. The van der Waals surface area contributed by atoms with Crippen molar-refractivity contribution in [2.45, 2.75) is 29.3 Å². The van der Waals surface area contributed by atoms with Crippen molar-refractivity contribution in [3.8, 4) is 6.01 Å². The third-order valence-electron chi connectivity index (χ3n) is 1.60. The zero-order chi connectivity index (χ0) is 12.3. The molecule has 7 heteroatoms. The van der Waals surface area contributed by atoms with Crippen LogP contribution < -0.4 is 4.74 Å². The molecule has 0 aromatic carbocycles. The molecule has 0 aliphatic rings. The van der Waals surface area contributed by atoms with E-state index in [4.69, 9.17) is 16.3 Å². The Labute approximate surface area is 112 Å². The van der Waals surface area contributed by atoms with Crippen molar-refractivity contribution in [2.75, 3.05) is 0 Å². The number of aromatic nitrogens is 3. The van der Waals surface area contributed by atoms with Gasteiger partial charge in [0.2, 0.25) is 10.4 Å². The zero-order valence-electron chi connectivity index (χ0n) is 9.25. The number of hydrogen-bond donors (Lipinski definition) is 0. The van der Waals surface area contributed by atoms with Crippen molar-refractivity contribution in [2.24, 2.45) is 0 Å². The van der Waals surface area contributed by atoms with E-state index in [1.165, 1.54) is 11.8 Å². The summed E-state index contributed by atoms with van der Waals surface area (Å²) in [6.45, 7) is 3.81. The number of hydrogen-bond acceptors (Lipinski definition) is 6. The molecule has 2 aromatic heterocycles. The summed E-state index contributed by atoms with van der Waals surface area (Å²) in [5, 5.41) is 2.69. The predicted octanol–water partition coefficient (Wildman–Crippen LogP) is 3.52. The maximum absolute atomic E-state index is 5.82. The molecule has 0 spiro atoms. The molecule has 0 radical (unpaired) electrons. The molecule has 17 heavy (non-hydrogen) atoms. The Morgan fingerprint density at radius 2 is 2.18 bits per heavy atom. The van der Waals surface area contributed by atoms with E-state index >= 15 is 0 Å².